The molecule has 0 atom stereocenters. The molecule has 2 rings (SSSR count). The van der Waals surface area contributed by atoms with E-state index >= 15 is 0 Å². The van der Waals surface area contributed by atoms with E-state index in [0.717, 1.165) is 6.54 Å². The van der Waals surface area contributed by atoms with Crippen LogP contribution in [0.3, 0.4) is 0 Å². The summed E-state index contributed by atoms with van der Waals surface area (Å²) in [6, 6.07) is 2.90. The number of nitrogens with zero attached hydrogens (tertiary/aromatic N) is 1. The summed E-state index contributed by atoms with van der Waals surface area (Å²) in [6.07, 6.45) is 5.03. The van der Waals surface area contributed by atoms with E-state index in [2.05, 4.69) is 32.2 Å². The molecular weight excluding hydrogens is 196 g/mol. The van der Waals surface area contributed by atoms with E-state index in [1.807, 2.05) is 0 Å². The Balaban J connectivity index is 2.18. The summed E-state index contributed by atoms with van der Waals surface area (Å²) in [5.41, 5.74) is 5.40. The molecule has 16 heavy (non-hydrogen) atoms. The van der Waals surface area contributed by atoms with Crippen LogP contribution in [-0.4, -0.2) is 11.0 Å². The summed E-state index contributed by atoms with van der Waals surface area (Å²) >= 11 is 0. The van der Waals surface area contributed by atoms with Gasteiger partial charge >= 0.3 is 0 Å². The largest absolute Gasteiger partial charge is 0.310 e. The van der Waals surface area contributed by atoms with Gasteiger partial charge < -0.3 is 5.32 Å². The molecule has 0 spiro atoms. The third-order valence-electron chi connectivity index (χ3n) is 3.30. The minimum Gasteiger partial charge on any atom is -0.310 e. The number of aromatic nitrogens is 1. The summed E-state index contributed by atoms with van der Waals surface area (Å²) in [7, 11) is 0. The van der Waals surface area contributed by atoms with Crippen LogP contribution in [-0.2, 0) is 19.4 Å². The molecule has 1 aliphatic carbocycles. The molecule has 2 nitrogen and oxygen atoms in total. The zero-order chi connectivity index (χ0) is 11.5. The lowest BCUT2D eigenvalue weighted by atomic mass is 9.94. The van der Waals surface area contributed by atoms with Crippen molar-refractivity contribution >= 4 is 0 Å². The first-order valence-electron chi connectivity index (χ1n) is 6.38. The minimum absolute atomic E-state index is 0.537. The molecule has 88 valence electrons. The molecule has 0 amide bonds. The fourth-order valence-corrected chi connectivity index (χ4v) is 2.28. The molecule has 0 saturated heterocycles. The van der Waals surface area contributed by atoms with Crippen LogP contribution in [0.15, 0.2) is 6.07 Å². The van der Waals surface area contributed by atoms with Crippen molar-refractivity contribution in [2.24, 2.45) is 0 Å². The van der Waals surface area contributed by atoms with Gasteiger partial charge in [-0.1, -0.05) is 19.9 Å². The monoisotopic (exact) mass is 218 g/mol. The van der Waals surface area contributed by atoms with Crippen molar-refractivity contribution in [2.45, 2.75) is 59.0 Å². The SMILES string of the molecule is Cc1nc2c(cc1CNC(C)C)CCCC2. The molecule has 1 aliphatic rings. The molecule has 0 unspecified atom stereocenters. The Hall–Kier alpha value is -0.890. The third-order valence-corrected chi connectivity index (χ3v) is 3.30. The third kappa shape index (κ3) is 2.62. The predicted octanol–water partition coefficient (Wildman–Crippen LogP) is 2.77. The van der Waals surface area contributed by atoms with Crippen LogP contribution in [0.25, 0.3) is 0 Å². The Bertz CT molecular complexity index is 369. The Kier molecular flexibility index (Phi) is 3.59. The first-order chi connectivity index (χ1) is 7.66. The van der Waals surface area contributed by atoms with E-state index in [9.17, 15) is 0 Å². The highest BCUT2D eigenvalue weighted by atomic mass is 14.9. The maximum absolute atomic E-state index is 4.75. The molecule has 0 radical (unpaired) electrons. The zero-order valence-electron chi connectivity index (χ0n) is 10.6. The van der Waals surface area contributed by atoms with Crippen molar-refractivity contribution < 1.29 is 0 Å². The van der Waals surface area contributed by atoms with Gasteiger partial charge in [0, 0.05) is 24.0 Å². The number of aryl methyl sites for hydroxylation is 3. The smallest absolute Gasteiger partial charge is 0.0438 e. The normalized spacial score (nSPS) is 15.2. The Morgan fingerprint density at radius 2 is 2.06 bits per heavy atom. The van der Waals surface area contributed by atoms with Crippen molar-refractivity contribution in [1.29, 1.82) is 0 Å². The summed E-state index contributed by atoms with van der Waals surface area (Å²) in [5.74, 6) is 0. The van der Waals surface area contributed by atoms with E-state index in [0.29, 0.717) is 6.04 Å². The van der Waals surface area contributed by atoms with Crippen LogP contribution < -0.4 is 5.32 Å². The van der Waals surface area contributed by atoms with Crippen LogP contribution in [0.5, 0.6) is 0 Å². The van der Waals surface area contributed by atoms with E-state index in [1.165, 1.54) is 48.2 Å². The highest BCUT2D eigenvalue weighted by Gasteiger charge is 2.13. The first kappa shape index (κ1) is 11.6. The van der Waals surface area contributed by atoms with Crippen LogP contribution in [0.2, 0.25) is 0 Å². The van der Waals surface area contributed by atoms with Crippen LogP contribution in [0.1, 0.15) is 49.2 Å². The summed E-state index contributed by atoms with van der Waals surface area (Å²) in [4.78, 5) is 4.75. The number of nitrogens with one attached hydrogen (secondary N) is 1. The standard InChI is InChI=1S/C14H22N2/c1-10(2)15-9-13-8-12-6-4-5-7-14(12)16-11(13)3/h8,10,15H,4-7,9H2,1-3H3. The van der Waals surface area contributed by atoms with Crippen molar-refractivity contribution in [2.75, 3.05) is 0 Å². The molecular formula is C14H22N2. The molecule has 1 heterocycles. The molecule has 0 bridgehead atoms. The van der Waals surface area contributed by atoms with Gasteiger partial charge in [-0.2, -0.15) is 0 Å². The number of hydrogen-bond acceptors (Lipinski definition) is 2. The van der Waals surface area contributed by atoms with E-state index in [4.69, 9.17) is 4.98 Å². The molecule has 0 fully saturated rings. The Morgan fingerprint density at radius 3 is 2.81 bits per heavy atom. The molecule has 0 aromatic carbocycles. The lowest BCUT2D eigenvalue weighted by Gasteiger charge is -2.18. The lowest BCUT2D eigenvalue weighted by Crippen LogP contribution is -2.23. The van der Waals surface area contributed by atoms with Gasteiger partial charge in [0.25, 0.3) is 0 Å². The van der Waals surface area contributed by atoms with Gasteiger partial charge in [-0.3, -0.25) is 4.98 Å². The topological polar surface area (TPSA) is 24.9 Å². The highest BCUT2D eigenvalue weighted by molar-refractivity contribution is 5.31. The van der Waals surface area contributed by atoms with Gasteiger partial charge in [0.05, 0.1) is 0 Å². The second kappa shape index (κ2) is 4.96. The summed E-state index contributed by atoms with van der Waals surface area (Å²) in [6.45, 7) is 7.44. The Morgan fingerprint density at radius 1 is 1.31 bits per heavy atom. The van der Waals surface area contributed by atoms with E-state index < -0.39 is 0 Å². The van der Waals surface area contributed by atoms with Crippen molar-refractivity contribution in [3.05, 3.63) is 28.6 Å². The van der Waals surface area contributed by atoms with Gasteiger partial charge in [0.2, 0.25) is 0 Å². The Labute approximate surface area is 98.5 Å². The number of fused-ring (bicyclic) bond motifs is 1. The average Bonchev–Trinajstić information content (AvgIpc) is 2.26. The molecule has 0 aliphatic heterocycles. The average molecular weight is 218 g/mol. The fourth-order valence-electron chi connectivity index (χ4n) is 2.28. The van der Waals surface area contributed by atoms with Crippen LogP contribution in [0, 0.1) is 6.92 Å². The quantitative estimate of drug-likeness (QED) is 0.844. The van der Waals surface area contributed by atoms with Gasteiger partial charge in [-0.05, 0) is 43.7 Å². The van der Waals surface area contributed by atoms with Gasteiger partial charge in [0.1, 0.15) is 0 Å². The fraction of sp³-hybridized carbons (Fsp3) is 0.643. The summed E-state index contributed by atoms with van der Waals surface area (Å²) in [5, 5.41) is 3.47. The molecule has 1 aromatic heterocycles. The number of rotatable bonds is 3. The molecule has 1 N–H and O–H groups in total. The molecule has 0 saturated carbocycles. The highest BCUT2D eigenvalue weighted by Crippen LogP contribution is 2.21. The first-order valence-corrected chi connectivity index (χ1v) is 6.38. The zero-order valence-corrected chi connectivity index (χ0v) is 10.6. The van der Waals surface area contributed by atoms with Gasteiger partial charge in [-0.15, -0.1) is 0 Å². The second-order valence-corrected chi connectivity index (χ2v) is 5.08. The predicted molar refractivity (Wildman–Crippen MR) is 67.6 cm³/mol. The van der Waals surface area contributed by atoms with Gasteiger partial charge in [0.15, 0.2) is 0 Å². The van der Waals surface area contributed by atoms with Crippen molar-refractivity contribution in [3.63, 3.8) is 0 Å². The number of pyridine rings is 1. The van der Waals surface area contributed by atoms with E-state index in [-0.39, 0.29) is 0 Å². The van der Waals surface area contributed by atoms with Crippen molar-refractivity contribution in [1.82, 2.24) is 10.3 Å². The van der Waals surface area contributed by atoms with Crippen molar-refractivity contribution in [3.8, 4) is 0 Å². The number of hydrogen-bond donors (Lipinski definition) is 1. The van der Waals surface area contributed by atoms with Crippen LogP contribution >= 0.6 is 0 Å². The lowest BCUT2D eigenvalue weighted by molar-refractivity contribution is 0.583. The maximum atomic E-state index is 4.75. The summed E-state index contributed by atoms with van der Waals surface area (Å²) < 4.78 is 0. The second-order valence-electron chi connectivity index (χ2n) is 5.08. The van der Waals surface area contributed by atoms with E-state index in [1.54, 1.807) is 0 Å². The maximum Gasteiger partial charge on any atom is 0.0438 e. The molecule has 1 aromatic rings. The van der Waals surface area contributed by atoms with Crippen LogP contribution in [0.4, 0.5) is 0 Å². The minimum atomic E-state index is 0.537. The van der Waals surface area contributed by atoms with Gasteiger partial charge in [-0.25, -0.2) is 0 Å². The molecule has 2 heteroatoms.